The van der Waals surface area contributed by atoms with Crippen molar-refractivity contribution in [3.8, 4) is 17.6 Å². The van der Waals surface area contributed by atoms with Crippen molar-refractivity contribution in [2.24, 2.45) is 0 Å². The number of hydrogen-bond acceptors (Lipinski definition) is 8. The van der Waals surface area contributed by atoms with Gasteiger partial charge in [-0.1, -0.05) is 6.07 Å². The average Bonchev–Trinajstić information content (AvgIpc) is 2.88. The number of H-pyrrole nitrogens is 1. The number of anilines is 2. The lowest BCUT2D eigenvalue weighted by Gasteiger charge is -2.16. The number of rotatable bonds is 9. The molecule has 0 bridgehead atoms. The zero-order valence-electron chi connectivity index (χ0n) is 18.9. The Bertz CT molecular complexity index is 1200. The zero-order chi connectivity index (χ0) is 23.6. The van der Waals surface area contributed by atoms with Crippen molar-refractivity contribution in [1.29, 1.82) is 5.26 Å². The molecule has 0 atom stereocenters. The highest BCUT2D eigenvalue weighted by Gasteiger charge is 2.15. The predicted octanol–water partition coefficient (Wildman–Crippen LogP) is 3.71. The molecule has 0 saturated heterocycles. The van der Waals surface area contributed by atoms with Gasteiger partial charge in [-0.15, -0.1) is 0 Å². The van der Waals surface area contributed by atoms with E-state index in [-0.39, 0.29) is 13.2 Å². The first-order valence-corrected chi connectivity index (χ1v) is 10.4. The van der Waals surface area contributed by atoms with Crippen molar-refractivity contribution in [3.05, 3.63) is 59.5 Å². The van der Waals surface area contributed by atoms with Crippen LogP contribution in [0.3, 0.4) is 0 Å². The van der Waals surface area contributed by atoms with Crippen LogP contribution in [-0.4, -0.2) is 53.8 Å². The van der Waals surface area contributed by atoms with Gasteiger partial charge in [0.2, 0.25) is 0 Å². The molecule has 3 aromatic rings. The maximum atomic E-state index is 9.74. The molecule has 33 heavy (non-hydrogen) atoms. The molecule has 1 aromatic carbocycles. The molecule has 0 fully saturated rings. The highest BCUT2D eigenvalue weighted by molar-refractivity contribution is 5.97. The highest BCUT2D eigenvalue weighted by Crippen LogP contribution is 2.37. The molecule has 0 amide bonds. The van der Waals surface area contributed by atoms with Crippen LogP contribution in [0, 0.1) is 25.2 Å². The summed E-state index contributed by atoms with van der Waals surface area (Å²) in [6, 6.07) is 11.4. The number of benzene rings is 1. The van der Waals surface area contributed by atoms with Crippen LogP contribution in [0.2, 0.25) is 0 Å². The normalized spacial score (nSPS) is 10.4. The third kappa shape index (κ3) is 6.32. The monoisotopic (exact) mass is 449 g/mol. The highest BCUT2D eigenvalue weighted by atomic mass is 16.5. The summed E-state index contributed by atoms with van der Waals surface area (Å²) in [5.74, 6) is 0.919. The van der Waals surface area contributed by atoms with E-state index in [4.69, 9.17) is 14.2 Å². The van der Waals surface area contributed by atoms with Crippen molar-refractivity contribution in [2.75, 3.05) is 38.9 Å². The van der Waals surface area contributed by atoms with E-state index < -0.39 is 0 Å². The topological polar surface area (TPSA) is 125 Å². The number of nitriles is 1. The minimum absolute atomic E-state index is 0.100. The number of nitrogens with one attached hydrogen (secondary N) is 2. The molecule has 2 heterocycles. The van der Waals surface area contributed by atoms with E-state index in [9.17, 15) is 10.4 Å². The van der Waals surface area contributed by atoms with Crippen LogP contribution in [-0.2, 0) is 4.74 Å². The molecule has 2 aromatic heterocycles. The van der Waals surface area contributed by atoms with E-state index in [1.165, 1.54) is 6.20 Å². The minimum Gasteiger partial charge on any atom is -0.487 e. The van der Waals surface area contributed by atoms with Gasteiger partial charge in [0.05, 0.1) is 36.2 Å². The van der Waals surface area contributed by atoms with Gasteiger partial charge in [-0.2, -0.15) is 10.4 Å². The SMILES string of the molecule is COCCOc1cc2ncc(C#N)c(Nc3ccc(C)cn[nH]c(C)c3)c2cc1OCCO. The summed E-state index contributed by atoms with van der Waals surface area (Å²) >= 11 is 0. The number of methoxy groups -OCH3 is 1. The molecule has 3 N–H and O–H groups in total. The van der Waals surface area contributed by atoms with Crippen LogP contribution in [0.15, 0.2) is 42.7 Å². The third-order valence-corrected chi connectivity index (χ3v) is 4.62. The molecule has 0 aliphatic heterocycles. The molecular weight excluding hydrogens is 422 g/mol. The number of pyridine rings is 1. The maximum absolute atomic E-state index is 9.74. The van der Waals surface area contributed by atoms with Crippen LogP contribution in [0.1, 0.15) is 16.8 Å². The Morgan fingerprint density at radius 3 is 2.61 bits per heavy atom. The van der Waals surface area contributed by atoms with E-state index in [0.29, 0.717) is 46.9 Å². The van der Waals surface area contributed by atoms with Gasteiger partial charge in [-0.25, -0.2) is 0 Å². The van der Waals surface area contributed by atoms with Crippen molar-refractivity contribution >= 4 is 22.3 Å². The molecular formula is C24H27N5O4. The quantitative estimate of drug-likeness (QED) is 0.422. The Hall–Kier alpha value is -3.87. The van der Waals surface area contributed by atoms with Crippen LogP contribution in [0.5, 0.6) is 11.5 Å². The van der Waals surface area contributed by atoms with Crippen LogP contribution in [0.25, 0.3) is 10.9 Å². The van der Waals surface area contributed by atoms with Gasteiger partial charge >= 0.3 is 0 Å². The fourth-order valence-electron chi connectivity index (χ4n) is 3.07. The molecule has 9 nitrogen and oxygen atoms in total. The van der Waals surface area contributed by atoms with Crippen LogP contribution < -0.4 is 14.8 Å². The van der Waals surface area contributed by atoms with Gasteiger partial charge in [0.15, 0.2) is 11.5 Å². The van der Waals surface area contributed by atoms with Crippen LogP contribution >= 0.6 is 0 Å². The molecule has 0 unspecified atom stereocenters. The second-order valence-corrected chi connectivity index (χ2v) is 7.24. The number of hydrogen-bond donors (Lipinski definition) is 3. The number of aryl methyl sites for hydroxylation is 2. The molecule has 0 radical (unpaired) electrons. The predicted molar refractivity (Wildman–Crippen MR) is 125 cm³/mol. The van der Waals surface area contributed by atoms with Gasteiger partial charge in [-0.3, -0.25) is 10.1 Å². The number of aliphatic hydroxyl groups excluding tert-OH is 1. The summed E-state index contributed by atoms with van der Waals surface area (Å²) < 4.78 is 16.6. The first kappa shape index (κ1) is 23.8. The molecule has 0 saturated carbocycles. The summed E-state index contributed by atoms with van der Waals surface area (Å²) in [6.45, 7) is 4.54. The summed E-state index contributed by atoms with van der Waals surface area (Å²) in [5.41, 5.74) is 4.12. The lowest BCUT2D eigenvalue weighted by molar-refractivity contribution is 0.141. The smallest absolute Gasteiger partial charge is 0.163 e. The summed E-state index contributed by atoms with van der Waals surface area (Å²) in [6.07, 6.45) is 3.25. The Balaban J connectivity index is 2.15. The van der Waals surface area contributed by atoms with E-state index in [2.05, 4.69) is 26.6 Å². The number of aromatic nitrogens is 3. The zero-order valence-corrected chi connectivity index (χ0v) is 18.9. The van der Waals surface area contributed by atoms with E-state index in [1.807, 2.05) is 32.0 Å². The molecule has 9 heteroatoms. The molecule has 0 aliphatic rings. The first-order valence-electron chi connectivity index (χ1n) is 10.4. The Labute approximate surface area is 192 Å². The van der Waals surface area contributed by atoms with Gasteiger partial charge in [0.25, 0.3) is 0 Å². The van der Waals surface area contributed by atoms with E-state index >= 15 is 0 Å². The van der Waals surface area contributed by atoms with Crippen molar-refractivity contribution in [2.45, 2.75) is 13.8 Å². The van der Waals surface area contributed by atoms with Crippen molar-refractivity contribution in [3.63, 3.8) is 0 Å². The number of ether oxygens (including phenoxy) is 3. The Morgan fingerprint density at radius 2 is 1.85 bits per heavy atom. The van der Waals surface area contributed by atoms with Gasteiger partial charge in [0, 0.05) is 36.1 Å². The molecule has 0 aliphatic carbocycles. The molecule has 0 spiro atoms. The number of nitrogens with zero attached hydrogens (tertiary/aromatic N) is 3. The van der Waals surface area contributed by atoms with E-state index in [0.717, 1.165) is 16.9 Å². The number of fused-ring (bicyclic) bond motifs is 1. The largest absolute Gasteiger partial charge is 0.487 e. The van der Waals surface area contributed by atoms with Gasteiger partial charge in [-0.05, 0) is 37.6 Å². The minimum atomic E-state index is -0.144. The number of aliphatic hydroxyl groups is 1. The lowest BCUT2D eigenvalue weighted by Crippen LogP contribution is -2.08. The third-order valence-electron chi connectivity index (χ3n) is 4.62. The fourth-order valence-corrected chi connectivity index (χ4v) is 3.07. The second kappa shape index (κ2) is 11.7. The average molecular weight is 450 g/mol. The lowest BCUT2D eigenvalue weighted by atomic mass is 10.1. The molecule has 172 valence electrons. The first-order chi connectivity index (χ1) is 16.0. The standard InChI is InChI=1S/C24H27N5O4/c1-16-4-5-19(10-17(2)29-27-14-16)28-24-18(13-25)15-26-21-12-23(33-9-8-31-3)22(11-20(21)24)32-7-6-30/h4-5,10-12,14-15,29-30H,6-9H2,1-3H3,(H,26,28). The van der Waals surface area contributed by atoms with Gasteiger partial charge in [0.1, 0.15) is 19.3 Å². The Kier molecular flexibility index (Phi) is 8.41. The van der Waals surface area contributed by atoms with Crippen molar-refractivity contribution < 1.29 is 19.3 Å². The second-order valence-electron chi connectivity index (χ2n) is 7.24. The van der Waals surface area contributed by atoms with Crippen molar-refractivity contribution in [1.82, 2.24) is 15.2 Å². The van der Waals surface area contributed by atoms with Gasteiger partial charge < -0.3 is 24.6 Å². The summed E-state index contributed by atoms with van der Waals surface area (Å²) in [5, 5.41) is 30.1. The van der Waals surface area contributed by atoms with Crippen LogP contribution in [0.4, 0.5) is 11.4 Å². The summed E-state index contributed by atoms with van der Waals surface area (Å²) in [7, 11) is 1.59. The molecule has 3 rings (SSSR count). The Morgan fingerprint density at radius 1 is 1.06 bits per heavy atom. The number of aromatic amines is 1. The summed E-state index contributed by atoms with van der Waals surface area (Å²) in [4.78, 5) is 4.43. The van der Waals surface area contributed by atoms with E-state index in [1.54, 1.807) is 25.4 Å². The maximum Gasteiger partial charge on any atom is 0.163 e. The fraction of sp³-hybridized carbons (Fsp3) is 0.292.